The number of hydrogen-bond acceptors (Lipinski definition) is 7. The van der Waals surface area contributed by atoms with Gasteiger partial charge in [-0.1, -0.05) is 44.2 Å². The molecule has 2 aromatic carbocycles. The Morgan fingerprint density at radius 3 is 2.47 bits per heavy atom. The lowest BCUT2D eigenvalue weighted by atomic mass is 10.1. The number of nitrogen functional groups attached to an aromatic ring is 1. The van der Waals surface area contributed by atoms with Gasteiger partial charge in [-0.25, -0.2) is 0 Å². The van der Waals surface area contributed by atoms with Crippen LogP contribution in [0.5, 0.6) is 0 Å². The van der Waals surface area contributed by atoms with Crippen LogP contribution < -0.4 is 11.1 Å². The number of para-hydroxylation sites is 1. The van der Waals surface area contributed by atoms with E-state index < -0.39 is 0 Å². The molecule has 0 spiro atoms. The molecule has 0 aliphatic carbocycles. The van der Waals surface area contributed by atoms with Gasteiger partial charge in [-0.2, -0.15) is 20.2 Å². The molecule has 0 amide bonds. The zero-order valence-corrected chi connectivity index (χ0v) is 17.6. The van der Waals surface area contributed by atoms with Crippen LogP contribution in [0, 0.1) is 11.3 Å². The first-order valence-corrected chi connectivity index (χ1v) is 10.1. The van der Waals surface area contributed by atoms with Gasteiger partial charge in [-0.3, -0.25) is 4.90 Å². The maximum absolute atomic E-state index is 9.01. The summed E-state index contributed by atoms with van der Waals surface area (Å²) in [7, 11) is 0. The van der Waals surface area contributed by atoms with Crippen molar-refractivity contribution < 1.29 is 0 Å². The Kier molecular flexibility index (Phi) is 6.94. The molecule has 0 aliphatic rings. The van der Waals surface area contributed by atoms with Gasteiger partial charge in [0.2, 0.25) is 11.9 Å². The average molecular weight is 402 g/mol. The molecule has 0 saturated heterocycles. The third-order valence-electron chi connectivity index (χ3n) is 5.16. The fraction of sp³-hybridized carbons (Fsp3) is 0.304. The average Bonchev–Trinajstić information content (AvgIpc) is 2.77. The van der Waals surface area contributed by atoms with Gasteiger partial charge in [0.15, 0.2) is 0 Å². The molecule has 3 aromatic rings. The second-order valence-electron chi connectivity index (χ2n) is 7.04. The number of nitriles is 1. The van der Waals surface area contributed by atoms with Crippen molar-refractivity contribution in [3.05, 3.63) is 71.0 Å². The van der Waals surface area contributed by atoms with E-state index in [-0.39, 0.29) is 12.0 Å². The molecule has 154 valence electrons. The van der Waals surface area contributed by atoms with E-state index in [2.05, 4.69) is 58.1 Å². The molecule has 30 heavy (non-hydrogen) atoms. The Balaban J connectivity index is 1.80. The van der Waals surface area contributed by atoms with Crippen LogP contribution in [-0.2, 0) is 13.0 Å². The number of aryl methyl sites for hydroxylation is 1. The molecule has 1 heterocycles. The molecule has 0 aliphatic heterocycles. The van der Waals surface area contributed by atoms with E-state index in [9.17, 15) is 0 Å². The van der Waals surface area contributed by atoms with Gasteiger partial charge in [-0.15, -0.1) is 0 Å². The van der Waals surface area contributed by atoms with Gasteiger partial charge in [0.05, 0.1) is 18.2 Å². The molecule has 1 unspecified atom stereocenters. The van der Waals surface area contributed by atoms with Gasteiger partial charge in [0.25, 0.3) is 0 Å². The maximum Gasteiger partial charge on any atom is 0.232 e. The summed E-state index contributed by atoms with van der Waals surface area (Å²) in [5, 5.41) is 12.3. The molecule has 0 fully saturated rings. The van der Waals surface area contributed by atoms with Gasteiger partial charge >= 0.3 is 0 Å². The summed E-state index contributed by atoms with van der Waals surface area (Å²) in [6, 6.07) is 18.0. The summed E-state index contributed by atoms with van der Waals surface area (Å²) in [6.07, 6.45) is 0.905. The van der Waals surface area contributed by atoms with Crippen molar-refractivity contribution in [2.24, 2.45) is 0 Å². The Hall–Kier alpha value is -3.50. The SMILES string of the molecule is CCc1ccccc1Nc1nc(N)nc(CN(CC)C(C)c2ccc(C#N)cc2)n1. The smallest absolute Gasteiger partial charge is 0.232 e. The van der Waals surface area contributed by atoms with E-state index in [1.807, 2.05) is 42.5 Å². The van der Waals surface area contributed by atoms with Crippen molar-refractivity contribution in [1.82, 2.24) is 19.9 Å². The Morgan fingerprint density at radius 2 is 1.80 bits per heavy atom. The van der Waals surface area contributed by atoms with E-state index in [0.717, 1.165) is 24.2 Å². The predicted octanol–water partition coefficient (Wildman–Crippen LogP) is 4.21. The number of anilines is 3. The number of rotatable bonds is 8. The zero-order valence-electron chi connectivity index (χ0n) is 17.6. The van der Waals surface area contributed by atoms with Crippen molar-refractivity contribution in [1.29, 1.82) is 5.26 Å². The fourth-order valence-corrected chi connectivity index (χ4v) is 3.39. The maximum atomic E-state index is 9.01. The molecule has 3 N–H and O–H groups in total. The number of hydrogen-bond donors (Lipinski definition) is 2. The lowest BCUT2D eigenvalue weighted by Gasteiger charge is -2.27. The minimum absolute atomic E-state index is 0.137. The first-order chi connectivity index (χ1) is 14.5. The second-order valence-corrected chi connectivity index (χ2v) is 7.04. The van der Waals surface area contributed by atoms with Gasteiger partial charge in [0.1, 0.15) is 5.82 Å². The van der Waals surface area contributed by atoms with Crippen LogP contribution >= 0.6 is 0 Å². The number of nitrogens with two attached hydrogens (primary N) is 1. The van der Waals surface area contributed by atoms with Gasteiger partial charge in [-0.05, 0) is 49.2 Å². The van der Waals surface area contributed by atoms with Crippen LogP contribution in [0.25, 0.3) is 0 Å². The number of benzene rings is 2. The fourth-order valence-electron chi connectivity index (χ4n) is 3.39. The van der Waals surface area contributed by atoms with Crippen molar-refractivity contribution >= 4 is 17.6 Å². The molecule has 7 heteroatoms. The summed E-state index contributed by atoms with van der Waals surface area (Å²) in [4.78, 5) is 15.4. The van der Waals surface area contributed by atoms with E-state index in [4.69, 9.17) is 11.0 Å². The van der Waals surface area contributed by atoms with Crippen molar-refractivity contribution in [2.45, 2.75) is 39.8 Å². The molecular weight excluding hydrogens is 374 g/mol. The van der Waals surface area contributed by atoms with Crippen molar-refractivity contribution in [3.8, 4) is 6.07 Å². The highest BCUT2D eigenvalue weighted by Gasteiger charge is 2.17. The summed E-state index contributed by atoms with van der Waals surface area (Å²) >= 11 is 0. The minimum Gasteiger partial charge on any atom is -0.368 e. The molecule has 7 nitrogen and oxygen atoms in total. The van der Waals surface area contributed by atoms with E-state index in [0.29, 0.717) is 23.9 Å². The number of aromatic nitrogens is 3. The largest absolute Gasteiger partial charge is 0.368 e. The van der Waals surface area contributed by atoms with Crippen LogP contribution in [0.1, 0.15) is 49.3 Å². The highest BCUT2D eigenvalue weighted by Crippen LogP contribution is 2.23. The summed E-state index contributed by atoms with van der Waals surface area (Å²) in [5.41, 5.74) is 9.91. The van der Waals surface area contributed by atoms with Crippen molar-refractivity contribution in [2.75, 3.05) is 17.6 Å². The molecular formula is C23H27N7. The highest BCUT2D eigenvalue weighted by atomic mass is 15.2. The molecule has 0 bridgehead atoms. The second kappa shape index (κ2) is 9.81. The molecule has 3 rings (SSSR count). The quantitative estimate of drug-likeness (QED) is 0.582. The topological polar surface area (TPSA) is 104 Å². The van der Waals surface area contributed by atoms with E-state index in [1.54, 1.807) is 0 Å². The third kappa shape index (κ3) is 5.10. The molecule has 0 radical (unpaired) electrons. The van der Waals surface area contributed by atoms with Crippen LogP contribution in [0.3, 0.4) is 0 Å². The first kappa shape index (κ1) is 21.2. The Morgan fingerprint density at radius 1 is 1.07 bits per heavy atom. The standard InChI is InChI=1S/C23H27N7/c1-4-18-8-6-7-9-20(18)26-23-28-21(27-22(25)29-23)15-30(5-2)16(3)19-12-10-17(14-24)11-13-19/h6-13,16H,4-5,15H2,1-3H3,(H3,25,26,27,28,29). The lowest BCUT2D eigenvalue weighted by Crippen LogP contribution is -2.27. The van der Waals surface area contributed by atoms with E-state index >= 15 is 0 Å². The molecule has 1 aromatic heterocycles. The number of nitrogens with zero attached hydrogens (tertiary/aromatic N) is 5. The van der Waals surface area contributed by atoms with Crippen LogP contribution in [-0.4, -0.2) is 26.4 Å². The normalized spacial score (nSPS) is 11.8. The summed E-state index contributed by atoms with van der Waals surface area (Å²) < 4.78 is 0. The van der Waals surface area contributed by atoms with Crippen LogP contribution in [0.4, 0.5) is 17.6 Å². The Labute approximate surface area is 177 Å². The highest BCUT2D eigenvalue weighted by molar-refractivity contribution is 5.58. The van der Waals surface area contributed by atoms with Gasteiger partial charge < -0.3 is 11.1 Å². The van der Waals surface area contributed by atoms with Crippen LogP contribution in [0.2, 0.25) is 0 Å². The monoisotopic (exact) mass is 401 g/mol. The third-order valence-corrected chi connectivity index (χ3v) is 5.16. The summed E-state index contributed by atoms with van der Waals surface area (Å²) in [6.45, 7) is 7.69. The predicted molar refractivity (Wildman–Crippen MR) is 119 cm³/mol. The number of nitrogens with one attached hydrogen (secondary N) is 1. The van der Waals surface area contributed by atoms with Crippen molar-refractivity contribution in [3.63, 3.8) is 0 Å². The summed E-state index contributed by atoms with van der Waals surface area (Å²) in [5.74, 6) is 1.25. The van der Waals surface area contributed by atoms with Gasteiger partial charge in [0, 0.05) is 11.7 Å². The molecule has 0 saturated carbocycles. The Bertz CT molecular complexity index is 1020. The van der Waals surface area contributed by atoms with E-state index in [1.165, 1.54) is 5.56 Å². The minimum atomic E-state index is 0.137. The first-order valence-electron chi connectivity index (χ1n) is 10.1. The lowest BCUT2D eigenvalue weighted by molar-refractivity contribution is 0.207. The zero-order chi connectivity index (χ0) is 21.5. The van der Waals surface area contributed by atoms with Crippen LogP contribution in [0.15, 0.2) is 48.5 Å². The molecule has 1 atom stereocenters.